The molecule has 1 aliphatic heterocycles. The zero-order valence-electron chi connectivity index (χ0n) is 10.9. The van der Waals surface area contributed by atoms with Crippen LogP contribution in [-0.2, 0) is 4.79 Å². The van der Waals surface area contributed by atoms with Gasteiger partial charge in [0, 0.05) is 17.6 Å². The summed E-state index contributed by atoms with van der Waals surface area (Å²) < 4.78 is 0.754. The Balaban J connectivity index is 2.19. The molecule has 0 aromatic heterocycles. The van der Waals surface area contributed by atoms with Crippen molar-refractivity contribution in [3.63, 3.8) is 0 Å². The first-order chi connectivity index (χ1) is 8.90. The van der Waals surface area contributed by atoms with E-state index in [0.29, 0.717) is 12.1 Å². The third kappa shape index (κ3) is 2.81. The van der Waals surface area contributed by atoms with Gasteiger partial charge in [0.2, 0.25) is 0 Å². The van der Waals surface area contributed by atoms with E-state index >= 15 is 0 Å². The maximum absolute atomic E-state index is 12.4. The highest BCUT2D eigenvalue weighted by atomic mass is 79.9. The number of carboxylic acids is 1. The minimum Gasteiger partial charge on any atom is -0.481 e. The SMILES string of the molecule is Cc1ccc(C(=O)N2CC(C)C(C(=O)O)C2)c(Br)c1. The normalized spacial score (nSPS) is 22.6. The predicted octanol–water partition coefficient (Wildman–Crippen LogP) is 2.55. The molecule has 4 nitrogen and oxygen atoms in total. The molecule has 1 N–H and O–H groups in total. The monoisotopic (exact) mass is 325 g/mol. The zero-order valence-corrected chi connectivity index (χ0v) is 12.5. The highest BCUT2D eigenvalue weighted by Gasteiger charge is 2.37. The molecule has 1 aromatic rings. The molecular formula is C14H16BrNO3. The van der Waals surface area contributed by atoms with Gasteiger partial charge in [-0.05, 0) is 46.5 Å². The number of hydrogen-bond donors (Lipinski definition) is 1. The van der Waals surface area contributed by atoms with E-state index in [1.165, 1.54) is 0 Å². The maximum Gasteiger partial charge on any atom is 0.308 e. The number of nitrogens with zero attached hydrogens (tertiary/aromatic N) is 1. The van der Waals surface area contributed by atoms with E-state index in [4.69, 9.17) is 5.11 Å². The number of aryl methyl sites for hydroxylation is 1. The van der Waals surface area contributed by atoms with Crippen molar-refractivity contribution in [3.8, 4) is 0 Å². The van der Waals surface area contributed by atoms with Crippen molar-refractivity contribution in [1.82, 2.24) is 4.90 Å². The zero-order chi connectivity index (χ0) is 14.2. The van der Waals surface area contributed by atoms with Crippen LogP contribution in [0, 0.1) is 18.8 Å². The van der Waals surface area contributed by atoms with E-state index in [9.17, 15) is 9.59 Å². The largest absolute Gasteiger partial charge is 0.481 e. The molecule has 1 amide bonds. The molecule has 2 rings (SSSR count). The Morgan fingerprint density at radius 3 is 2.58 bits per heavy atom. The minimum atomic E-state index is -0.828. The number of halogens is 1. The number of likely N-dealkylation sites (tertiary alicyclic amines) is 1. The molecule has 19 heavy (non-hydrogen) atoms. The molecule has 1 fully saturated rings. The van der Waals surface area contributed by atoms with Crippen molar-refractivity contribution in [2.45, 2.75) is 13.8 Å². The number of carboxylic acid groups (broad SMARTS) is 1. The van der Waals surface area contributed by atoms with E-state index < -0.39 is 11.9 Å². The van der Waals surface area contributed by atoms with Crippen molar-refractivity contribution in [1.29, 1.82) is 0 Å². The Bertz CT molecular complexity index is 529. The van der Waals surface area contributed by atoms with Gasteiger partial charge >= 0.3 is 5.97 Å². The molecular weight excluding hydrogens is 310 g/mol. The minimum absolute atomic E-state index is 0.00864. The molecule has 1 aliphatic rings. The van der Waals surface area contributed by atoms with Gasteiger partial charge in [-0.25, -0.2) is 0 Å². The highest BCUT2D eigenvalue weighted by Crippen LogP contribution is 2.27. The Labute approximate surface area is 120 Å². The van der Waals surface area contributed by atoms with Crippen LogP contribution in [0.3, 0.4) is 0 Å². The van der Waals surface area contributed by atoms with Crippen LogP contribution < -0.4 is 0 Å². The van der Waals surface area contributed by atoms with E-state index in [0.717, 1.165) is 10.0 Å². The summed E-state index contributed by atoms with van der Waals surface area (Å²) in [5, 5.41) is 9.10. The smallest absolute Gasteiger partial charge is 0.308 e. The van der Waals surface area contributed by atoms with Gasteiger partial charge < -0.3 is 10.0 Å². The number of carbonyl (C=O) groups excluding carboxylic acids is 1. The quantitative estimate of drug-likeness (QED) is 0.909. The van der Waals surface area contributed by atoms with Gasteiger partial charge in [0.25, 0.3) is 5.91 Å². The average Bonchev–Trinajstić information content (AvgIpc) is 2.70. The van der Waals surface area contributed by atoms with Crippen LogP contribution in [0.15, 0.2) is 22.7 Å². The lowest BCUT2D eigenvalue weighted by Crippen LogP contribution is -2.30. The summed E-state index contributed by atoms with van der Waals surface area (Å²) in [4.78, 5) is 25.1. The van der Waals surface area contributed by atoms with Crippen molar-refractivity contribution in [2.75, 3.05) is 13.1 Å². The third-order valence-electron chi connectivity index (χ3n) is 3.57. The molecule has 0 radical (unpaired) electrons. The lowest BCUT2D eigenvalue weighted by Gasteiger charge is -2.17. The van der Waals surface area contributed by atoms with Crippen LogP contribution in [-0.4, -0.2) is 35.0 Å². The lowest BCUT2D eigenvalue weighted by atomic mass is 9.99. The first-order valence-electron chi connectivity index (χ1n) is 6.18. The average molecular weight is 326 g/mol. The summed E-state index contributed by atoms with van der Waals surface area (Å²) in [6.45, 7) is 4.61. The fourth-order valence-corrected chi connectivity index (χ4v) is 3.08. The van der Waals surface area contributed by atoms with E-state index in [-0.39, 0.29) is 18.4 Å². The number of amides is 1. The van der Waals surface area contributed by atoms with E-state index in [1.807, 2.05) is 26.0 Å². The summed E-state index contributed by atoms with van der Waals surface area (Å²) in [5.74, 6) is -1.41. The Morgan fingerprint density at radius 1 is 1.37 bits per heavy atom. The number of hydrogen-bond acceptors (Lipinski definition) is 2. The van der Waals surface area contributed by atoms with Crippen molar-refractivity contribution in [2.24, 2.45) is 11.8 Å². The van der Waals surface area contributed by atoms with Gasteiger partial charge in [0.05, 0.1) is 11.5 Å². The summed E-state index contributed by atoms with van der Waals surface area (Å²) in [5.41, 5.74) is 1.66. The van der Waals surface area contributed by atoms with Gasteiger partial charge in [0.1, 0.15) is 0 Å². The summed E-state index contributed by atoms with van der Waals surface area (Å²) >= 11 is 3.39. The van der Waals surface area contributed by atoms with Gasteiger partial charge in [-0.15, -0.1) is 0 Å². The van der Waals surface area contributed by atoms with Gasteiger partial charge in [-0.1, -0.05) is 13.0 Å². The van der Waals surface area contributed by atoms with Crippen molar-refractivity contribution >= 4 is 27.8 Å². The Hall–Kier alpha value is -1.36. The topological polar surface area (TPSA) is 57.6 Å². The molecule has 2 atom stereocenters. The molecule has 5 heteroatoms. The second-order valence-electron chi connectivity index (χ2n) is 5.12. The molecule has 0 saturated carbocycles. The Morgan fingerprint density at radius 2 is 2.05 bits per heavy atom. The molecule has 0 aliphatic carbocycles. The standard InChI is InChI=1S/C14H16BrNO3/c1-8-3-4-10(12(15)5-8)13(17)16-6-9(2)11(7-16)14(18)19/h3-5,9,11H,6-7H2,1-2H3,(H,18,19). The molecule has 0 bridgehead atoms. The fourth-order valence-electron chi connectivity index (χ4n) is 2.42. The maximum atomic E-state index is 12.4. The van der Waals surface area contributed by atoms with Crippen molar-refractivity contribution < 1.29 is 14.7 Å². The lowest BCUT2D eigenvalue weighted by molar-refractivity contribution is -0.142. The summed E-state index contributed by atoms with van der Waals surface area (Å²) in [6.07, 6.45) is 0. The van der Waals surface area contributed by atoms with Gasteiger partial charge in [-0.2, -0.15) is 0 Å². The third-order valence-corrected chi connectivity index (χ3v) is 4.23. The first-order valence-corrected chi connectivity index (χ1v) is 6.97. The van der Waals surface area contributed by atoms with E-state index in [1.54, 1.807) is 11.0 Å². The number of aliphatic carboxylic acids is 1. The van der Waals surface area contributed by atoms with Crippen LogP contribution in [0.1, 0.15) is 22.8 Å². The molecule has 1 aromatic carbocycles. The van der Waals surface area contributed by atoms with Crippen LogP contribution in [0.5, 0.6) is 0 Å². The summed E-state index contributed by atoms with van der Waals surface area (Å²) in [7, 11) is 0. The highest BCUT2D eigenvalue weighted by molar-refractivity contribution is 9.10. The van der Waals surface area contributed by atoms with Crippen molar-refractivity contribution in [3.05, 3.63) is 33.8 Å². The second-order valence-corrected chi connectivity index (χ2v) is 5.97. The molecule has 0 spiro atoms. The Kier molecular flexibility index (Phi) is 3.94. The number of carbonyl (C=O) groups is 2. The second kappa shape index (κ2) is 5.33. The van der Waals surface area contributed by atoms with Crippen LogP contribution >= 0.6 is 15.9 Å². The van der Waals surface area contributed by atoms with Gasteiger partial charge in [0.15, 0.2) is 0 Å². The van der Waals surface area contributed by atoms with Gasteiger partial charge in [-0.3, -0.25) is 9.59 Å². The molecule has 102 valence electrons. The number of benzene rings is 1. The number of rotatable bonds is 2. The summed E-state index contributed by atoms with van der Waals surface area (Å²) in [6, 6.07) is 5.55. The van der Waals surface area contributed by atoms with Crippen LogP contribution in [0.2, 0.25) is 0 Å². The van der Waals surface area contributed by atoms with Crippen LogP contribution in [0.4, 0.5) is 0 Å². The molecule has 1 saturated heterocycles. The molecule has 1 heterocycles. The first kappa shape index (κ1) is 14.1. The van der Waals surface area contributed by atoms with Crippen LogP contribution in [0.25, 0.3) is 0 Å². The fraction of sp³-hybridized carbons (Fsp3) is 0.429. The van der Waals surface area contributed by atoms with E-state index in [2.05, 4.69) is 15.9 Å². The molecule has 2 unspecified atom stereocenters. The predicted molar refractivity (Wildman–Crippen MR) is 75.1 cm³/mol.